The van der Waals surface area contributed by atoms with Gasteiger partial charge in [0, 0.05) is 16.1 Å². The Hall–Kier alpha value is -1.08. The first-order valence-electron chi connectivity index (χ1n) is 5.41. The van der Waals surface area contributed by atoms with Crippen LogP contribution in [-0.4, -0.2) is 4.98 Å². The molecule has 0 N–H and O–H groups in total. The second-order valence-corrected chi connectivity index (χ2v) is 4.84. The third kappa shape index (κ3) is 2.19. The van der Waals surface area contributed by atoms with Crippen LogP contribution in [0.1, 0.15) is 25.1 Å². The lowest BCUT2D eigenvalue weighted by molar-refractivity contribution is 0.960. The van der Waals surface area contributed by atoms with Gasteiger partial charge in [0.2, 0.25) is 0 Å². The molecule has 1 aromatic carbocycles. The van der Waals surface area contributed by atoms with Crippen LogP contribution in [0.4, 0.5) is 0 Å². The van der Waals surface area contributed by atoms with Gasteiger partial charge in [0.1, 0.15) is 0 Å². The van der Waals surface area contributed by atoms with Crippen LogP contribution in [0.3, 0.4) is 0 Å². The number of fused-ring (bicyclic) bond motifs is 1. The molecule has 1 nitrogen and oxygen atoms in total. The SMILES string of the molecule is C[C](C)Cc1c(Cl)ccc2ccc(C)nc12. The first-order valence-corrected chi connectivity index (χ1v) is 5.79. The average Bonchev–Trinajstić information content (AvgIpc) is 2.22. The van der Waals surface area contributed by atoms with Crippen LogP contribution < -0.4 is 0 Å². The molecule has 0 saturated heterocycles. The fraction of sp³-hybridized carbons (Fsp3) is 0.286. The Morgan fingerprint density at radius 2 is 1.88 bits per heavy atom. The molecule has 0 aliphatic heterocycles. The lowest BCUT2D eigenvalue weighted by Gasteiger charge is -2.10. The number of halogens is 1. The summed E-state index contributed by atoms with van der Waals surface area (Å²) < 4.78 is 0. The van der Waals surface area contributed by atoms with E-state index in [-0.39, 0.29) is 0 Å². The van der Waals surface area contributed by atoms with Crippen LogP contribution in [0.2, 0.25) is 5.02 Å². The lowest BCUT2D eigenvalue weighted by Crippen LogP contribution is -1.97. The van der Waals surface area contributed by atoms with Crippen molar-refractivity contribution in [1.29, 1.82) is 0 Å². The van der Waals surface area contributed by atoms with Crippen molar-refractivity contribution in [3.63, 3.8) is 0 Å². The average molecular weight is 233 g/mol. The molecule has 0 amide bonds. The quantitative estimate of drug-likeness (QED) is 0.750. The summed E-state index contributed by atoms with van der Waals surface area (Å²) in [6.07, 6.45) is 0.895. The second kappa shape index (κ2) is 4.42. The number of hydrogen-bond acceptors (Lipinski definition) is 1. The highest BCUT2D eigenvalue weighted by Crippen LogP contribution is 2.27. The van der Waals surface area contributed by atoms with Crippen LogP contribution in [0.25, 0.3) is 10.9 Å². The largest absolute Gasteiger partial charge is 0.253 e. The Morgan fingerprint density at radius 3 is 2.56 bits per heavy atom. The maximum absolute atomic E-state index is 6.25. The summed E-state index contributed by atoms with van der Waals surface area (Å²) in [6, 6.07) is 8.11. The van der Waals surface area contributed by atoms with Crippen molar-refractivity contribution in [1.82, 2.24) is 4.98 Å². The van der Waals surface area contributed by atoms with Gasteiger partial charge in [-0.05, 0) is 37.0 Å². The van der Waals surface area contributed by atoms with Gasteiger partial charge in [-0.1, -0.05) is 37.6 Å². The standard InChI is InChI=1S/C14H15ClN/c1-9(2)8-12-13(15)7-6-11-5-4-10(3)16-14(11)12/h4-7H,8H2,1-3H3. The first kappa shape index (κ1) is 11.4. The van der Waals surface area contributed by atoms with E-state index in [0.29, 0.717) is 0 Å². The number of aromatic nitrogens is 1. The molecule has 0 unspecified atom stereocenters. The summed E-state index contributed by atoms with van der Waals surface area (Å²) in [5.41, 5.74) is 3.21. The van der Waals surface area contributed by atoms with Crippen molar-refractivity contribution < 1.29 is 0 Å². The molecule has 1 aromatic heterocycles. The highest BCUT2D eigenvalue weighted by atomic mass is 35.5. The third-order valence-electron chi connectivity index (χ3n) is 2.58. The fourth-order valence-electron chi connectivity index (χ4n) is 1.84. The number of aryl methyl sites for hydroxylation is 1. The number of nitrogens with zero attached hydrogens (tertiary/aromatic N) is 1. The molecule has 16 heavy (non-hydrogen) atoms. The Bertz CT molecular complexity index is 512. The molecule has 0 aliphatic rings. The highest BCUT2D eigenvalue weighted by molar-refractivity contribution is 6.32. The van der Waals surface area contributed by atoms with Gasteiger partial charge in [0.25, 0.3) is 0 Å². The minimum atomic E-state index is 0.812. The topological polar surface area (TPSA) is 12.9 Å². The fourth-order valence-corrected chi connectivity index (χ4v) is 2.06. The summed E-state index contributed by atoms with van der Waals surface area (Å²) in [4.78, 5) is 4.59. The van der Waals surface area contributed by atoms with Gasteiger partial charge in [0.05, 0.1) is 5.52 Å². The molecule has 2 rings (SSSR count). The molecule has 0 saturated carbocycles. The van der Waals surface area contributed by atoms with E-state index in [4.69, 9.17) is 11.6 Å². The second-order valence-electron chi connectivity index (χ2n) is 4.43. The molecular weight excluding hydrogens is 218 g/mol. The summed E-state index contributed by atoms with van der Waals surface area (Å²) >= 11 is 6.25. The molecule has 0 atom stereocenters. The molecular formula is C14H15ClN. The van der Waals surface area contributed by atoms with E-state index < -0.39 is 0 Å². The number of hydrogen-bond donors (Lipinski definition) is 0. The summed E-state index contributed by atoms with van der Waals surface area (Å²) in [5.74, 6) is 1.35. The molecule has 2 heteroatoms. The Kier molecular flexibility index (Phi) is 3.15. The highest BCUT2D eigenvalue weighted by Gasteiger charge is 2.09. The molecule has 0 fully saturated rings. The number of rotatable bonds is 2. The number of benzene rings is 1. The van der Waals surface area contributed by atoms with Crippen molar-refractivity contribution in [2.75, 3.05) is 0 Å². The maximum Gasteiger partial charge on any atom is 0.0752 e. The zero-order chi connectivity index (χ0) is 11.7. The zero-order valence-corrected chi connectivity index (χ0v) is 10.6. The zero-order valence-electron chi connectivity index (χ0n) is 9.84. The van der Waals surface area contributed by atoms with Crippen LogP contribution in [0.15, 0.2) is 24.3 Å². The van der Waals surface area contributed by atoms with Gasteiger partial charge in [-0.15, -0.1) is 0 Å². The smallest absolute Gasteiger partial charge is 0.0752 e. The van der Waals surface area contributed by atoms with E-state index in [1.807, 2.05) is 25.1 Å². The summed E-state index contributed by atoms with van der Waals surface area (Å²) in [7, 11) is 0. The van der Waals surface area contributed by atoms with Crippen molar-refractivity contribution in [2.45, 2.75) is 27.2 Å². The van der Waals surface area contributed by atoms with Crippen LogP contribution in [0, 0.1) is 12.8 Å². The van der Waals surface area contributed by atoms with E-state index in [9.17, 15) is 0 Å². The first-order chi connectivity index (χ1) is 7.58. The normalized spacial score (nSPS) is 11.3. The minimum absolute atomic E-state index is 0.812. The minimum Gasteiger partial charge on any atom is -0.253 e. The summed E-state index contributed by atoms with van der Waals surface area (Å²) in [6.45, 7) is 6.24. The van der Waals surface area contributed by atoms with Gasteiger partial charge >= 0.3 is 0 Å². The van der Waals surface area contributed by atoms with Gasteiger partial charge in [-0.3, -0.25) is 4.98 Å². The summed E-state index contributed by atoms with van der Waals surface area (Å²) in [5, 5.41) is 1.97. The van der Waals surface area contributed by atoms with E-state index in [1.165, 1.54) is 5.92 Å². The molecule has 0 aliphatic carbocycles. The van der Waals surface area contributed by atoms with Gasteiger partial charge in [-0.25, -0.2) is 0 Å². The van der Waals surface area contributed by atoms with E-state index >= 15 is 0 Å². The van der Waals surface area contributed by atoms with Gasteiger partial charge < -0.3 is 0 Å². The molecule has 0 spiro atoms. The Morgan fingerprint density at radius 1 is 1.19 bits per heavy atom. The van der Waals surface area contributed by atoms with Crippen molar-refractivity contribution in [3.8, 4) is 0 Å². The maximum atomic E-state index is 6.25. The van der Waals surface area contributed by atoms with Gasteiger partial charge in [-0.2, -0.15) is 0 Å². The molecule has 0 bridgehead atoms. The number of pyridine rings is 1. The predicted octanol–water partition coefficient (Wildman–Crippen LogP) is 4.35. The predicted molar refractivity (Wildman–Crippen MR) is 69.8 cm³/mol. The van der Waals surface area contributed by atoms with Crippen LogP contribution in [0.5, 0.6) is 0 Å². The third-order valence-corrected chi connectivity index (χ3v) is 2.93. The van der Waals surface area contributed by atoms with Crippen molar-refractivity contribution >= 4 is 22.5 Å². The van der Waals surface area contributed by atoms with E-state index in [0.717, 1.165) is 33.6 Å². The Balaban J connectivity index is 2.67. The van der Waals surface area contributed by atoms with Crippen molar-refractivity contribution in [3.05, 3.63) is 46.5 Å². The van der Waals surface area contributed by atoms with Gasteiger partial charge in [0.15, 0.2) is 0 Å². The molecule has 83 valence electrons. The molecule has 2 aromatic rings. The van der Waals surface area contributed by atoms with Crippen molar-refractivity contribution in [2.24, 2.45) is 0 Å². The van der Waals surface area contributed by atoms with E-state index in [1.54, 1.807) is 0 Å². The lowest BCUT2D eigenvalue weighted by atomic mass is 10.00. The molecule has 1 heterocycles. The van der Waals surface area contributed by atoms with Crippen LogP contribution in [-0.2, 0) is 6.42 Å². The Labute approximate surface area is 101 Å². The van der Waals surface area contributed by atoms with Crippen LogP contribution >= 0.6 is 11.6 Å². The van der Waals surface area contributed by atoms with E-state index in [2.05, 4.69) is 24.9 Å². The molecule has 1 radical (unpaired) electrons. The monoisotopic (exact) mass is 232 g/mol.